The molecule has 1 fully saturated rings. The zero-order chi connectivity index (χ0) is 11.9. The molecule has 1 aromatic heterocycles. The fourth-order valence-corrected chi connectivity index (χ4v) is 1.77. The summed E-state index contributed by atoms with van der Waals surface area (Å²) in [4.78, 5) is 20.7. The average molecular weight is 238 g/mol. The predicted octanol–water partition coefficient (Wildman–Crippen LogP) is -0.252. The molecular formula is C11H18N4O2. The summed E-state index contributed by atoms with van der Waals surface area (Å²) < 4.78 is 5.20. The van der Waals surface area contributed by atoms with Gasteiger partial charge in [0.25, 0.3) is 0 Å². The van der Waals surface area contributed by atoms with Crippen LogP contribution in [0.3, 0.4) is 0 Å². The molecule has 1 saturated heterocycles. The SMILES string of the molecule is O=C(CCNCc1ncc[nH]1)N1CCOCC1. The molecule has 1 aromatic rings. The van der Waals surface area contributed by atoms with Crippen LogP contribution >= 0.6 is 0 Å². The van der Waals surface area contributed by atoms with Crippen molar-refractivity contribution in [2.24, 2.45) is 0 Å². The number of hydrogen-bond donors (Lipinski definition) is 2. The average Bonchev–Trinajstić information content (AvgIpc) is 2.88. The molecule has 94 valence electrons. The normalized spacial score (nSPS) is 16.1. The van der Waals surface area contributed by atoms with Crippen molar-refractivity contribution in [2.45, 2.75) is 13.0 Å². The van der Waals surface area contributed by atoms with E-state index in [1.54, 1.807) is 12.4 Å². The number of ether oxygens (including phenoxy) is 1. The predicted molar refractivity (Wildman–Crippen MR) is 62.3 cm³/mol. The Morgan fingerprint density at radius 1 is 1.53 bits per heavy atom. The minimum Gasteiger partial charge on any atom is -0.378 e. The van der Waals surface area contributed by atoms with Crippen molar-refractivity contribution in [1.82, 2.24) is 20.2 Å². The van der Waals surface area contributed by atoms with Gasteiger partial charge in [-0.3, -0.25) is 4.79 Å². The number of nitrogens with one attached hydrogen (secondary N) is 2. The quantitative estimate of drug-likeness (QED) is 0.694. The molecule has 17 heavy (non-hydrogen) atoms. The third-order valence-electron chi connectivity index (χ3n) is 2.73. The molecule has 0 saturated carbocycles. The van der Waals surface area contributed by atoms with Gasteiger partial charge in [-0.15, -0.1) is 0 Å². The number of carbonyl (C=O) groups excluding carboxylic acids is 1. The van der Waals surface area contributed by atoms with Crippen LogP contribution in [0, 0.1) is 0 Å². The summed E-state index contributed by atoms with van der Waals surface area (Å²) in [5.74, 6) is 1.09. The summed E-state index contributed by atoms with van der Waals surface area (Å²) in [6.45, 7) is 4.10. The molecule has 0 spiro atoms. The van der Waals surface area contributed by atoms with E-state index in [9.17, 15) is 4.79 Å². The summed E-state index contributed by atoms with van der Waals surface area (Å²) in [6.07, 6.45) is 4.03. The van der Waals surface area contributed by atoms with Crippen LogP contribution in [-0.4, -0.2) is 53.6 Å². The van der Waals surface area contributed by atoms with Gasteiger partial charge >= 0.3 is 0 Å². The second-order valence-electron chi connectivity index (χ2n) is 3.96. The van der Waals surface area contributed by atoms with Crippen molar-refractivity contribution in [3.8, 4) is 0 Å². The zero-order valence-electron chi connectivity index (χ0n) is 9.82. The fraction of sp³-hybridized carbons (Fsp3) is 0.636. The maximum absolute atomic E-state index is 11.8. The molecule has 2 N–H and O–H groups in total. The highest BCUT2D eigenvalue weighted by Gasteiger charge is 2.15. The maximum Gasteiger partial charge on any atom is 0.224 e. The van der Waals surface area contributed by atoms with Gasteiger partial charge in [-0.05, 0) is 0 Å². The largest absolute Gasteiger partial charge is 0.378 e. The molecule has 0 radical (unpaired) electrons. The van der Waals surface area contributed by atoms with Gasteiger partial charge in [-0.25, -0.2) is 4.98 Å². The third kappa shape index (κ3) is 3.83. The highest BCUT2D eigenvalue weighted by molar-refractivity contribution is 5.76. The lowest BCUT2D eigenvalue weighted by atomic mass is 10.3. The van der Waals surface area contributed by atoms with Crippen molar-refractivity contribution in [2.75, 3.05) is 32.8 Å². The Kier molecular flexibility index (Phi) is 4.52. The number of aromatic nitrogens is 2. The van der Waals surface area contributed by atoms with Gasteiger partial charge in [-0.1, -0.05) is 0 Å². The zero-order valence-corrected chi connectivity index (χ0v) is 9.82. The number of rotatable bonds is 5. The van der Waals surface area contributed by atoms with E-state index in [1.807, 2.05) is 4.90 Å². The van der Waals surface area contributed by atoms with E-state index in [0.717, 1.165) is 18.9 Å². The third-order valence-corrected chi connectivity index (χ3v) is 2.73. The Bertz CT molecular complexity index is 333. The summed E-state index contributed by atoms with van der Waals surface area (Å²) in [7, 11) is 0. The second kappa shape index (κ2) is 6.36. The molecule has 0 aliphatic carbocycles. The van der Waals surface area contributed by atoms with E-state index in [0.29, 0.717) is 32.7 Å². The number of amides is 1. The first-order valence-corrected chi connectivity index (χ1v) is 5.91. The highest BCUT2D eigenvalue weighted by Crippen LogP contribution is 1.99. The molecule has 6 heteroatoms. The standard InChI is InChI=1S/C11H18N4O2/c16-11(15-5-7-17-8-6-15)1-2-12-9-10-13-3-4-14-10/h3-4,12H,1-2,5-9H2,(H,13,14). The molecule has 2 rings (SSSR count). The van der Waals surface area contributed by atoms with Crippen LogP contribution in [0.15, 0.2) is 12.4 Å². The highest BCUT2D eigenvalue weighted by atomic mass is 16.5. The van der Waals surface area contributed by atoms with Crippen molar-refractivity contribution in [3.63, 3.8) is 0 Å². The van der Waals surface area contributed by atoms with E-state index >= 15 is 0 Å². The topological polar surface area (TPSA) is 70.2 Å². The van der Waals surface area contributed by atoms with Crippen molar-refractivity contribution < 1.29 is 9.53 Å². The molecule has 1 amide bonds. The van der Waals surface area contributed by atoms with Crippen molar-refractivity contribution >= 4 is 5.91 Å². The number of aromatic amines is 1. The van der Waals surface area contributed by atoms with Gasteiger partial charge < -0.3 is 19.9 Å². The van der Waals surface area contributed by atoms with Crippen LogP contribution in [0.5, 0.6) is 0 Å². The molecule has 6 nitrogen and oxygen atoms in total. The number of hydrogen-bond acceptors (Lipinski definition) is 4. The summed E-state index contributed by atoms with van der Waals surface area (Å²) in [5, 5.41) is 3.19. The molecule has 0 unspecified atom stereocenters. The minimum absolute atomic E-state index is 0.195. The molecule has 0 bridgehead atoms. The van der Waals surface area contributed by atoms with Gasteiger partial charge in [0.05, 0.1) is 19.8 Å². The number of carbonyl (C=O) groups is 1. The first-order valence-electron chi connectivity index (χ1n) is 5.91. The molecule has 1 aliphatic rings. The number of nitrogens with zero attached hydrogens (tertiary/aromatic N) is 2. The number of morpholine rings is 1. The van der Waals surface area contributed by atoms with Gasteiger partial charge in [0.1, 0.15) is 5.82 Å². The van der Waals surface area contributed by atoms with Crippen LogP contribution in [0.25, 0.3) is 0 Å². The monoisotopic (exact) mass is 238 g/mol. The van der Waals surface area contributed by atoms with Crippen LogP contribution in [0.2, 0.25) is 0 Å². The lowest BCUT2D eigenvalue weighted by molar-refractivity contribution is -0.135. The van der Waals surface area contributed by atoms with Gasteiger partial charge in [-0.2, -0.15) is 0 Å². The van der Waals surface area contributed by atoms with Crippen LogP contribution < -0.4 is 5.32 Å². The first kappa shape index (κ1) is 12.1. The van der Waals surface area contributed by atoms with Gasteiger partial charge in [0, 0.05) is 38.4 Å². The van der Waals surface area contributed by atoms with E-state index in [-0.39, 0.29) is 5.91 Å². The summed E-state index contributed by atoms with van der Waals surface area (Å²) >= 11 is 0. The first-order chi connectivity index (χ1) is 8.36. The molecule has 0 aromatic carbocycles. The van der Waals surface area contributed by atoms with Gasteiger partial charge in [0.2, 0.25) is 5.91 Å². The summed E-state index contributed by atoms with van der Waals surface area (Å²) in [6, 6.07) is 0. The Morgan fingerprint density at radius 2 is 2.35 bits per heavy atom. The molecule has 2 heterocycles. The maximum atomic E-state index is 11.8. The van der Waals surface area contributed by atoms with E-state index in [4.69, 9.17) is 4.74 Å². The summed E-state index contributed by atoms with van der Waals surface area (Å²) in [5.41, 5.74) is 0. The van der Waals surface area contributed by atoms with Gasteiger partial charge in [0.15, 0.2) is 0 Å². The van der Waals surface area contributed by atoms with Crippen LogP contribution in [0.1, 0.15) is 12.2 Å². The Hall–Kier alpha value is -1.40. The molecular weight excluding hydrogens is 220 g/mol. The van der Waals surface area contributed by atoms with Crippen LogP contribution in [-0.2, 0) is 16.1 Å². The Labute approximate surface area is 100 Å². The lowest BCUT2D eigenvalue weighted by Crippen LogP contribution is -2.41. The van der Waals surface area contributed by atoms with Crippen LogP contribution in [0.4, 0.5) is 0 Å². The van der Waals surface area contributed by atoms with E-state index < -0.39 is 0 Å². The Morgan fingerprint density at radius 3 is 3.06 bits per heavy atom. The lowest BCUT2D eigenvalue weighted by Gasteiger charge is -2.26. The minimum atomic E-state index is 0.195. The van der Waals surface area contributed by atoms with Crippen molar-refractivity contribution in [3.05, 3.63) is 18.2 Å². The smallest absolute Gasteiger partial charge is 0.224 e. The van der Waals surface area contributed by atoms with E-state index in [1.165, 1.54) is 0 Å². The fourth-order valence-electron chi connectivity index (χ4n) is 1.77. The Balaban J connectivity index is 1.59. The molecule has 1 aliphatic heterocycles. The van der Waals surface area contributed by atoms with E-state index in [2.05, 4.69) is 15.3 Å². The van der Waals surface area contributed by atoms with Crippen molar-refractivity contribution in [1.29, 1.82) is 0 Å². The number of H-pyrrole nitrogens is 1. The number of imidazole rings is 1. The second-order valence-corrected chi connectivity index (χ2v) is 3.96. The molecule has 0 atom stereocenters.